The fourth-order valence-electron chi connectivity index (χ4n) is 1.94. The normalized spacial score (nSPS) is 25.4. The first kappa shape index (κ1) is 11.1. The van der Waals surface area contributed by atoms with Crippen molar-refractivity contribution < 1.29 is 9.63 Å². The van der Waals surface area contributed by atoms with Crippen LogP contribution >= 0.6 is 0 Å². The molecule has 0 aliphatic carbocycles. The van der Waals surface area contributed by atoms with Gasteiger partial charge in [0.2, 0.25) is 5.89 Å². The van der Waals surface area contributed by atoms with Gasteiger partial charge in [0.1, 0.15) is 0 Å². The minimum atomic E-state index is -0.337. The second kappa shape index (κ2) is 4.64. The van der Waals surface area contributed by atoms with Crippen molar-refractivity contribution in [1.82, 2.24) is 15.0 Å². The number of rotatable bonds is 2. The predicted octanol–water partition coefficient (Wildman–Crippen LogP) is 0.509. The minimum absolute atomic E-state index is 0.00273. The zero-order valence-corrected chi connectivity index (χ0v) is 9.47. The molecule has 5 nitrogen and oxygen atoms in total. The fraction of sp³-hybridized carbons (Fsp3) is 0.636. The Hall–Kier alpha value is -1.38. The number of hydrogen-bond acceptors (Lipinski definition) is 5. The molecule has 16 heavy (non-hydrogen) atoms. The first-order valence-corrected chi connectivity index (χ1v) is 5.32. The molecule has 0 spiro atoms. The Kier molecular flexibility index (Phi) is 3.22. The highest BCUT2D eigenvalue weighted by Crippen LogP contribution is 2.30. The predicted molar refractivity (Wildman–Crippen MR) is 57.4 cm³/mol. The van der Waals surface area contributed by atoms with Crippen LogP contribution in [-0.4, -0.2) is 39.3 Å². The van der Waals surface area contributed by atoms with Crippen LogP contribution in [0.5, 0.6) is 0 Å². The second-order valence-corrected chi connectivity index (χ2v) is 3.94. The summed E-state index contributed by atoms with van der Waals surface area (Å²) in [5.74, 6) is 7.04. The minimum Gasteiger partial charge on any atom is -0.392 e. The van der Waals surface area contributed by atoms with Gasteiger partial charge in [0.15, 0.2) is 5.82 Å². The molecule has 1 aliphatic rings. The maximum absolute atomic E-state index is 9.66. The van der Waals surface area contributed by atoms with Gasteiger partial charge in [-0.3, -0.25) is 4.90 Å². The molecule has 0 aromatic carbocycles. The van der Waals surface area contributed by atoms with Gasteiger partial charge in [-0.05, 0) is 20.3 Å². The number of aromatic nitrogens is 2. The monoisotopic (exact) mass is 221 g/mol. The summed E-state index contributed by atoms with van der Waals surface area (Å²) in [5.41, 5.74) is 0. The van der Waals surface area contributed by atoms with Crippen LogP contribution in [0.4, 0.5) is 0 Å². The molecule has 2 rings (SSSR count). The van der Waals surface area contributed by atoms with Crippen molar-refractivity contribution in [2.45, 2.75) is 32.4 Å². The molecule has 2 atom stereocenters. The van der Waals surface area contributed by atoms with Crippen LogP contribution in [0, 0.1) is 18.8 Å². The van der Waals surface area contributed by atoms with E-state index in [1.807, 2.05) is 0 Å². The Labute approximate surface area is 94.4 Å². The third-order valence-corrected chi connectivity index (χ3v) is 2.67. The summed E-state index contributed by atoms with van der Waals surface area (Å²) in [6.45, 7) is 4.83. The number of aryl methyl sites for hydroxylation is 1. The van der Waals surface area contributed by atoms with Gasteiger partial charge in [0.25, 0.3) is 0 Å². The van der Waals surface area contributed by atoms with E-state index in [1.165, 1.54) is 0 Å². The maximum Gasteiger partial charge on any atom is 0.244 e. The lowest BCUT2D eigenvalue weighted by molar-refractivity contribution is 0.179. The van der Waals surface area contributed by atoms with Crippen LogP contribution in [-0.2, 0) is 0 Å². The lowest BCUT2D eigenvalue weighted by Crippen LogP contribution is -2.25. The molecule has 1 aromatic heterocycles. The first-order chi connectivity index (χ1) is 7.70. The Balaban J connectivity index is 2.14. The van der Waals surface area contributed by atoms with Crippen molar-refractivity contribution in [2.24, 2.45) is 0 Å². The van der Waals surface area contributed by atoms with Crippen LogP contribution in [0.2, 0.25) is 0 Å². The molecule has 86 valence electrons. The highest BCUT2D eigenvalue weighted by molar-refractivity contribution is 5.04. The largest absolute Gasteiger partial charge is 0.392 e. The first-order valence-electron chi connectivity index (χ1n) is 5.32. The molecule has 0 bridgehead atoms. The van der Waals surface area contributed by atoms with E-state index in [2.05, 4.69) is 26.9 Å². The van der Waals surface area contributed by atoms with Crippen molar-refractivity contribution >= 4 is 0 Å². The van der Waals surface area contributed by atoms with Gasteiger partial charge in [0.05, 0.1) is 18.7 Å². The highest BCUT2D eigenvalue weighted by Gasteiger charge is 2.35. The van der Waals surface area contributed by atoms with Gasteiger partial charge in [-0.1, -0.05) is 11.1 Å². The molecular weight excluding hydrogens is 206 g/mol. The van der Waals surface area contributed by atoms with Crippen molar-refractivity contribution in [2.75, 3.05) is 13.1 Å². The van der Waals surface area contributed by atoms with Gasteiger partial charge < -0.3 is 9.63 Å². The maximum atomic E-state index is 9.66. The third kappa shape index (κ3) is 2.23. The summed E-state index contributed by atoms with van der Waals surface area (Å²) in [7, 11) is 0. The topological polar surface area (TPSA) is 62.4 Å². The average molecular weight is 221 g/mol. The smallest absolute Gasteiger partial charge is 0.244 e. The highest BCUT2D eigenvalue weighted by atomic mass is 16.5. The molecule has 2 heterocycles. The van der Waals surface area contributed by atoms with E-state index in [4.69, 9.17) is 4.52 Å². The number of aliphatic hydroxyl groups excluding tert-OH is 1. The van der Waals surface area contributed by atoms with Crippen molar-refractivity contribution in [3.63, 3.8) is 0 Å². The molecule has 0 saturated carbocycles. The molecular formula is C11H15N3O2. The van der Waals surface area contributed by atoms with Gasteiger partial charge in [-0.15, -0.1) is 5.92 Å². The van der Waals surface area contributed by atoms with Crippen LogP contribution in [0.1, 0.15) is 31.1 Å². The van der Waals surface area contributed by atoms with Crippen LogP contribution in [0.25, 0.3) is 0 Å². The summed E-state index contributed by atoms with van der Waals surface area (Å²) in [6.07, 6.45) is 0.295. The third-order valence-electron chi connectivity index (χ3n) is 2.67. The zero-order chi connectivity index (χ0) is 11.5. The summed E-state index contributed by atoms with van der Waals surface area (Å²) >= 11 is 0. The van der Waals surface area contributed by atoms with Gasteiger partial charge in [-0.2, -0.15) is 4.98 Å². The van der Waals surface area contributed by atoms with E-state index in [0.717, 1.165) is 0 Å². The number of aliphatic hydroxyl groups is 1. The molecule has 0 radical (unpaired) electrons. The average Bonchev–Trinajstić information content (AvgIpc) is 2.81. The SMILES string of the molecule is CC#CCN1C[C@@H](O)C[C@@H]1c1nc(C)no1. The standard InChI is InChI=1S/C11H15N3O2/c1-3-4-5-14-7-9(15)6-10(14)11-12-8(2)13-16-11/h9-10,15H,5-7H2,1-2H3/t9-,10+/m0/s1. The lowest BCUT2D eigenvalue weighted by atomic mass is 10.2. The van der Waals surface area contributed by atoms with Crippen LogP contribution in [0.3, 0.4) is 0 Å². The molecule has 0 unspecified atom stereocenters. The van der Waals surface area contributed by atoms with Gasteiger partial charge >= 0.3 is 0 Å². The van der Waals surface area contributed by atoms with Crippen molar-refractivity contribution in [3.8, 4) is 11.8 Å². The Bertz CT molecular complexity index is 418. The molecule has 1 aliphatic heterocycles. The van der Waals surface area contributed by atoms with E-state index < -0.39 is 0 Å². The summed E-state index contributed by atoms with van der Waals surface area (Å²) in [4.78, 5) is 6.27. The summed E-state index contributed by atoms with van der Waals surface area (Å²) in [6, 6.07) is -0.00273. The molecule has 1 aromatic rings. The second-order valence-electron chi connectivity index (χ2n) is 3.94. The van der Waals surface area contributed by atoms with Crippen molar-refractivity contribution in [3.05, 3.63) is 11.7 Å². The fourth-order valence-corrected chi connectivity index (χ4v) is 1.94. The molecule has 0 amide bonds. The van der Waals surface area contributed by atoms with E-state index >= 15 is 0 Å². The quantitative estimate of drug-likeness (QED) is 0.737. The number of likely N-dealkylation sites (tertiary alicyclic amines) is 1. The zero-order valence-electron chi connectivity index (χ0n) is 9.47. The van der Waals surface area contributed by atoms with Crippen LogP contribution in [0.15, 0.2) is 4.52 Å². The molecule has 1 fully saturated rings. The van der Waals surface area contributed by atoms with Crippen molar-refractivity contribution in [1.29, 1.82) is 0 Å². The van der Waals surface area contributed by atoms with Crippen LogP contribution < -0.4 is 0 Å². The Morgan fingerprint density at radius 2 is 2.44 bits per heavy atom. The number of nitrogens with zero attached hydrogens (tertiary/aromatic N) is 3. The summed E-state index contributed by atoms with van der Waals surface area (Å²) in [5, 5.41) is 13.4. The number of β-amino-alcohol motifs (C(OH)–C–C–N with tert-alkyl or cyclic N) is 1. The number of hydrogen-bond donors (Lipinski definition) is 1. The van der Waals surface area contributed by atoms with Gasteiger partial charge in [0, 0.05) is 6.54 Å². The lowest BCUT2D eigenvalue weighted by Gasteiger charge is -2.17. The molecule has 1 N–H and O–H groups in total. The van der Waals surface area contributed by atoms with E-state index in [0.29, 0.717) is 31.2 Å². The molecule has 1 saturated heterocycles. The van der Waals surface area contributed by atoms with E-state index in [-0.39, 0.29) is 12.1 Å². The van der Waals surface area contributed by atoms with E-state index in [9.17, 15) is 5.11 Å². The Morgan fingerprint density at radius 1 is 1.62 bits per heavy atom. The van der Waals surface area contributed by atoms with E-state index in [1.54, 1.807) is 13.8 Å². The molecule has 5 heteroatoms. The summed E-state index contributed by atoms with van der Waals surface area (Å²) < 4.78 is 5.14. The van der Waals surface area contributed by atoms with Gasteiger partial charge in [-0.25, -0.2) is 0 Å². The Morgan fingerprint density at radius 3 is 3.06 bits per heavy atom.